The van der Waals surface area contributed by atoms with E-state index >= 15 is 0 Å². The predicted molar refractivity (Wildman–Crippen MR) is 116 cm³/mol. The Morgan fingerprint density at radius 1 is 0.933 bits per heavy atom. The fraction of sp³-hybridized carbons (Fsp3) is 0.200. The van der Waals surface area contributed by atoms with E-state index < -0.39 is 12.1 Å². The molecule has 1 aliphatic rings. The number of hydrogen-bond acceptors (Lipinski definition) is 3. The molecule has 4 rings (SSSR count). The third-order valence-corrected chi connectivity index (χ3v) is 5.39. The first kappa shape index (κ1) is 19.7. The molecule has 0 bridgehead atoms. The van der Waals surface area contributed by atoms with Gasteiger partial charge in [-0.3, -0.25) is 9.69 Å². The van der Waals surface area contributed by atoms with Gasteiger partial charge in [-0.05, 0) is 35.2 Å². The van der Waals surface area contributed by atoms with Crippen molar-refractivity contribution in [3.63, 3.8) is 0 Å². The molecule has 0 saturated carbocycles. The minimum atomic E-state index is -0.636. The van der Waals surface area contributed by atoms with Crippen molar-refractivity contribution >= 4 is 17.7 Å². The molecule has 152 valence electrons. The van der Waals surface area contributed by atoms with Gasteiger partial charge in [0.05, 0.1) is 6.54 Å². The lowest BCUT2D eigenvalue weighted by Crippen LogP contribution is -2.50. The van der Waals surface area contributed by atoms with Gasteiger partial charge in [0.25, 0.3) is 0 Å². The highest BCUT2D eigenvalue weighted by Gasteiger charge is 2.35. The Kier molecular flexibility index (Phi) is 5.80. The summed E-state index contributed by atoms with van der Waals surface area (Å²) in [5, 5.41) is 2.98. The number of hydrogen-bond donors (Lipinski definition) is 1. The number of benzene rings is 3. The van der Waals surface area contributed by atoms with E-state index in [1.54, 1.807) is 0 Å². The van der Waals surface area contributed by atoms with Crippen LogP contribution in [0.15, 0.2) is 78.9 Å². The van der Waals surface area contributed by atoms with Crippen molar-refractivity contribution < 1.29 is 14.3 Å². The van der Waals surface area contributed by atoms with Crippen LogP contribution in [0.5, 0.6) is 0 Å². The minimum absolute atomic E-state index is 0.171. The van der Waals surface area contributed by atoms with Crippen LogP contribution in [0.4, 0.5) is 10.5 Å². The second-order valence-corrected chi connectivity index (χ2v) is 7.46. The number of anilines is 1. The van der Waals surface area contributed by atoms with Crippen LogP contribution in [0, 0.1) is 6.92 Å². The molecule has 5 heteroatoms. The Balaban J connectivity index is 1.54. The molecule has 30 heavy (non-hydrogen) atoms. The van der Waals surface area contributed by atoms with Gasteiger partial charge in [0, 0.05) is 12.1 Å². The van der Waals surface area contributed by atoms with E-state index in [9.17, 15) is 9.59 Å². The van der Waals surface area contributed by atoms with Crippen molar-refractivity contribution in [2.24, 2.45) is 0 Å². The van der Waals surface area contributed by atoms with Gasteiger partial charge in [-0.1, -0.05) is 72.8 Å². The number of amides is 2. The molecule has 2 amide bonds. The first-order valence-corrected chi connectivity index (χ1v) is 10.0. The second kappa shape index (κ2) is 8.82. The zero-order valence-electron chi connectivity index (χ0n) is 16.9. The number of para-hydroxylation sites is 1. The van der Waals surface area contributed by atoms with Crippen LogP contribution >= 0.6 is 0 Å². The lowest BCUT2D eigenvalue weighted by atomic mass is 9.93. The van der Waals surface area contributed by atoms with Crippen molar-refractivity contribution in [2.75, 3.05) is 5.32 Å². The third-order valence-electron chi connectivity index (χ3n) is 5.39. The zero-order chi connectivity index (χ0) is 20.9. The number of nitrogens with zero attached hydrogens (tertiary/aromatic N) is 1. The maximum Gasteiger partial charge on any atom is 0.411 e. The van der Waals surface area contributed by atoms with Gasteiger partial charge in [0.1, 0.15) is 12.6 Å². The second-order valence-electron chi connectivity index (χ2n) is 7.46. The van der Waals surface area contributed by atoms with Crippen LogP contribution in [-0.4, -0.2) is 22.9 Å². The van der Waals surface area contributed by atoms with E-state index in [1.165, 1.54) is 4.90 Å². The normalized spacial score (nSPS) is 15.2. The van der Waals surface area contributed by atoms with Crippen LogP contribution in [-0.2, 0) is 29.1 Å². The Labute approximate surface area is 176 Å². The Hall–Kier alpha value is -3.60. The smallest absolute Gasteiger partial charge is 0.411 e. The molecule has 5 nitrogen and oxygen atoms in total. The van der Waals surface area contributed by atoms with Crippen molar-refractivity contribution in [3.05, 3.63) is 101 Å². The van der Waals surface area contributed by atoms with Crippen LogP contribution < -0.4 is 5.32 Å². The largest absolute Gasteiger partial charge is 0.445 e. The van der Waals surface area contributed by atoms with E-state index in [-0.39, 0.29) is 12.5 Å². The average molecular weight is 400 g/mol. The molecular weight excluding hydrogens is 376 g/mol. The number of fused-ring (bicyclic) bond motifs is 1. The quantitative estimate of drug-likeness (QED) is 0.691. The average Bonchev–Trinajstić information content (AvgIpc) is 2.78. The number of ether oxygens (including phenoxy) is 1. The summed E-state index contributed by atoms with van der Waals surface area (Å²) in [6.07, 6.45) is -0.0350. The fourth-order valence-electron chi connectivity index (χ4n) is 3.68. The molecule has 0 unspecified atom stereocenters. The van der Waals surface area contributed by atoms with Gasteiger partial charge < -0.3 is 10.1 Å². The van der Waals surface area contributed by atoms with Crippen LogP contribution in [0.2, 0.25) is 0 Å². The highest BCUT2D eigenvalue weighted by atomic mass is 16.6. The summed E-state index contributed by atoms with van der Waals surface area (Å²) in [5.74, 6) is -0.213. The highest BCUT2D eigenvalue weighted by Crippen LogP contribution is 2.26. The van der Waals surface area contributed by atoms with E-state index in [1.807, 2.05) is 85.8 Å². The van der Waals surface area contributed by atoms with Gasteiger partial charge in [0.15, 0.2) is 0 Å². The number of carbonyl (C=O) groups excluding carboxylic acids is 2. The van der Waals surface area contributed by atoms with Gasteiger partial charge in [0.2, 0.25) is 5.91 Å². The molecule has 0 saturated heterocycles. The zero-order valence-corrected chi connectivity index (χ0v) is 16.9. The molecule has 1 aliphatic heterocycles. The SMILES string of the molecule is Cc1ccccc1NC(=O)[C@@H]1Cc2ccccc2CN1C(=O)OCc1ccccc1. The molecule has 0 aromatic heterocycles. The maximum absolute atomic E-state index is 13.2. The van der Waals surface area contributed by atoms with E-state index in [0.717, 1.165) is 27.9 Å². The summed E-state index contributed by atoms with van der Waals surface area (Å²) < 4.78 is 5.54. The number of aryl methyl sites for hydroxylation is 1. The lowest BCUT2D eigenvalue weighted by molar-refractivity contribution is -0.121. The molecule has 1 N–H and O–H groups in total. The predicted octanol–water partition coefficient (Wildman–Crippen LogP) is 4.70. The summed E-state index contributed by atoms with van der Waals surface area (Å²) >= 11 is 0. The molecule has 3 aromatic rings. The summed E-state index contributed by atoms with van der Waals surface area (Å²) in [5.41, 5.74) is 4.74. The summed E-state index contributed by atoms with van der Waals surface area (Å²) in [6, 6.07) is 24.4. The van der Waals surface area contributed by atoms with Gasteiger partial charge in [-0.2, -0.15) is 0 Å². The van der Waals surface area contributed by atoms with Crippen LogP contribution in [0.25, 0.3) is 0 Å². The standard InChI is InChI=1S/C25H24N2O3/c1-18-9-5-8-14-22(18)26-24(28)23-15-20-12-6-7-13-21(20)16-27(23)25(29)30-17-19-10-3-2-4-11-19/h2-14,23H,15-17H2,1H3,(H,26,28)/t23-/m0/s1. The monoisotopic (exact) mass is 400 g/mol. The maximum atomic E-state index is 13.2. The van der Waals surface area contributed by atoms with Crippen molar-refractivity contribution in [1.82, 2.24) is 4.90 Å². The van der Waals surface area contributed by atoms with Crippen molar-refractivity contribution in [1.29, 1.82) is 0 Å². The Morgan fingerprint density at radius 2 is 1.60 bits per heavy atom. The molecule has 1 atom stereocenters. The highest BCUT2D eigenvalue weighted by molar-refractivity contribution is 5.97. The first-order chi connectivity index (χ1) is 14.6. The molecule has 0 radical (unpaired) electrons. The number of nitrogens with one attached hydrogen (secondary N) is 1. The third kappa shape index (κ3) is 4.35. The Bertz CT molecular complexity index is 1050. The molecular formula is C25H24N2O3. The summed E-state index contributed by atoms with van der Waals surface area (Å²) in [7, 11) is 0. The number of rotatable bonds is 4. The molecule has 3 aromatic carbocycles. The summed E-state index contributed by atoms with van der Waals surface area (Å²) in [6.45, 7) is 2.46. The molecule has 0 fully saturated rings. The number of carbonyl (C=O) groups is 2. The first-order valence-electron chi connectivity index (χ1n) is 10.0. The van der Waals surface area contributed by atoms with Crippen LogP contribution in [0.1, 0.15) is 22.3 Å². The van der Waals surface area contributed by atoms with Crippen molar-refractivity contribution in [3.8, 4) is 0 Å². The minimum Gasteiger partial charge on any atom is -0.445 e. The van der Waals surface area contributed by atoms with E-state index in [2.05, 4.69) is 5.32 Å². The molecule has 1 heterocycles. The summed E-state index contributed by atoms with van der Waals surface area (Å²) in [4.78, 5) is 27.6. The van der Waals surface area contributed by atoms with Crippen molar-refractivity contribution in [2.45, 2.75) is 32.5 Å². The van der Waals surface area contributed by atoms with Gasteiger partial charge >= 0.3 is 6.09 Å². The van der Waals surface area contributed by atoms with Gasteiger partial charge in [-0.15, -0.1) is 0 Å². The lowest BCUT2D eigenvalue weighted by Gasteiger charge is -2.35. The van der Waals surface area contributed by atoms with E-state index in [0.29, 0.717) is 13.0 Å². The fourth-order valence-corrected chi connectivity index (χ4v) is 3.68. The van der Waals surface area contributed by atoms with Crippen LogP contribution in [0.3, 0.4) is 0 Å². The Morgan fingerprint density at radius 3 is 2.37 bits per heavy atom. The molecule has 0 spiro atoms. The topological polar surface area (TPSA) is 58.6 Å². The molecule has 0 aliphatic carbocycles. The van der Waals surface area contributed by atoms with Gasteiger partial charge in [-0.25, -0.2) is 4.79 Å². The van der Waals surface area contributed by atoms with E-state index in [4.69, 9.17) is 4.74 Å².